The molecule has 0 aliphatic heterocycles. The molecule has 2 aromatic rings. The van der Waals surface area contributed by atoms with Gasteiger partial charge in [0.15, 0.2) is 0 Å². The molecule has 0 atom stereocenters. The molecule has 0 spiro atoms. The fraction of sp³-hybridized carbons (Fsp3) is 0.650. The van der Waals surface area contributed by atoms with Crippen LogP contribution in [-0.4, -0.2) is 42.5 Å². The normalized spacial score (nSPS) is 19.4. The Hall–Kier alpha value is -1.96. The summed E-state index contributed by atoms with van der Waals surface area (Å²) in [6, 6.07) is 4.68. The van der Waals surface area contributed by atoms with Gasteiger partial charge in [-0.15, -0.1) is 5.10 Å². The quantitative estimate of drug-likeness (QED) is 0.717. The van der Waals surface area contributed by atoms with Gasteiger partial charge in [0.25, 0.3) is 0 Å². The minimum absolute atomic E-state index is 0.0144. The van der Waals surface area contributed by atoms with E-state index in [0.717, 1.165) is 41.9 Å². The Balaban J connectivity index is 1.49. The summed E-state index contributed by atoms with van der Waals surface area (Å²) in [7, 11) is 0. The Morgan fingerprint density at radius 3 is 2.71 bits per heavy atom. The van der Waals surface area contributed by atoms with Crippen LogP contribution < -0.4 is 5.49 Å². The van der Waals surface area contributed by atoms with Crippen LogP contribution in [0.2, 0.25) is 0 Å². The van der Waals surface area contributed by atoms with E-state index in [4.69, 9.17) is 4.99 Å². The second kappa shape index (κ2) is 9.03. The maximum Gasteiger partial charge on any atom is 0.242 e. The van der Waals surface area contributed by atoms with Crippen LogP contribution in [0, 0.1) is 6.92 Å². The fourth-order valence-corrected chi connectivity index (χ4v) is 4.96. The average Bonchev–Trinajstić information content (AvgIpc) is 3.38. The van der Waals surface area contributed by atoms with Gasteiger partial charge in [-0.1, -0.05) is 43.9 Å². The van der Waals surface area contributed by atoms with Crippen molar-refractivity contribution >= 4 is 17.7 Å². The minimum Gasteiger partial charge on any atom is -0.273 e. The van der Waals surface area contributed by atoms with Crippen LogP contribution in [0.15, 0.2) is 28.5 Å². The van der Waals surface area contributed by atoms with Crippen LogP contribution in [0.25, 0.3) is 0 Å². The van der Waals surface area contributed by atoms with Crippen LogP contribution >= 0.6 is 11.8 Å². The minimum atomic E-state index is 0.0144. The molecule has 2 saturated carbocycles. The number of aryl methyl sites for hydroxylation is 1. The molecule has 0 saturated heterocycles. The Labute approximate surface area is 169 Å². The summed E-state index contributed by atoms with van der Waals surface area (Å²) in [6.45, 7) is 2.04. The molecule has 0 bridgehead atoms. The second-order valence-electron chi connectivity index (χ2n) is 7.88. The zero-order valence-electron chi connectivity index (χ0n) is 16.5. The lowest BCUT2D eigenvalue weighted by Crippen LogP contribution is -2.30. The van der Waals surface area contributed by atoms with Crippen molar-refractivity contribution in [1.82, 2.24) is 24.8 Å². The molecule has 8 heteroatoms. The molecule has 0 unspecified atom stereocenters. The summed E-state index contributed by atoms with van der Waals surface area (Å²) in [5.74, 6) is 0.314. The third-order valence-electron chi connectivity index (χ3n) is 5.71. The Bertz CT molecular complexity index is 877. The van der Waals surface area contributed by atoms with E-state index < -0.39 is 0 Å². The lowest BCUT2D eigenvalue weighted by Gasteiger charge is -2.18. The number of tetrazole rings is 1. The molecule has 2 heterocycles. The van der Waals surface area contributed by atoms with Gasteiger partial charge in [-0.3, -0.25) is 14.4 Å². The molecular weight excluding hydrogens is 372 g/mol. The molecule has 2 fully saturated rings. The van der Waals surface area contributed by atoms with Gasteiger partial charge in [-0.2, -0.15) is 0 Å². The summed E-state index contributed by atoms with van der Waals surface area (Å²) in [4.78, 5) is 17.9. The molecule has 150 valence electrons. The topological polar surface area (TPSA) is 78.0 Å². The van der Waals surface area contributed by atoms with E-state index in [1.165, 1.54) is 43.9 Å². The maximum absolute atomic E-state index is 13.0. The number of pyridine rings is 1. The molecule has 7 nitrogen and oxygen atoms in total. The number of nitrogens with zero attached hydrogens (tertiary/aromatic N) is 6. The predicted molar refractivity (Wildman–Crippen MR) is 108 cm³/mol. The SMILES string of the molecule is Cc1ccn(C(=O)CSc2nnnn2C2CCCC2)c(=NC2CCCCC2)c1. The largest absolute Gasteiger partial charge is 0.273 e. The monoisotopic (exact) mass is 400 g/mol. The Morgan fingerprint density at radius 1 is 1.18 bits per heavy atom. The summed E-state index contributed by atoms with van der Waals surface area (Å²) in [6.07, 6.45) is 12.5. The number of hydrogen-bond donors (Lipinski definition) is 0. The number of aromatic nitrogens is 5. The number of carbonyl (C=O) groups is 1. The van der Waals surface area contributed by atoms with Gasteiger partial charge in [-0.05, 0) is 60.7 Å². The zero-order valence-corrected chi connectivity index (χ0v) is 17.3. The van der Waals surface area contributed by atoms with Crippen LogP contribution in [0.3, 0.4) is 0 Å². The van der Waals surface area contributed by atoms with Gasteiger partial charge in [0, 0.05) is 6.20 Å². The maximum atomic E-state index is 13.0. The number of thioether (sulfide) groups is 1. The third kappa shape index (κ3) is 4.54. The van der Waals surface area contributed by atoms with Crippen LogP contribution in [0.1, 0.15) is 74.2 Å². The van der Waals surface area contributed by atoms with Gasteiger partial charge in [0.05, 0.1) is 17.8 Å². The molecular formula is C20H28N6OS. The molecule has 0 radical (unpaired) electrons. The van der Waals surface area contributed by atoms with Crippen molar-refractivity contribution in [3.63, 3.8) is 0 Å². The van der Waals surface area contributed by atoms with E-state index in [9.17, 15) is 4.79 Å². The van der Waals surface area contributed by atoms with Crippen molar-refractivity contribution < 1.29 is 4.79 Å². The van der Waals surface area contributed by atoms with Crippen LogP contribution in [0.4, 0.5) is 0 Å². The molecule has 0 N–H and O–H groups in total. The number of hydrogen-bond acceptors (Lipinski definition) is 6. The first-order valence-electron chi connectivity index (χ1n) is 10.4. The van der Waals surface area contributed by atoms with Gasteiger partial charge in [0.1, 0.15) is 5.49 Å². The van der Waals surface area contributed by atoms with E-state index in [1.54, 1.807) is 4.57 Å². The van der Waals surface area contributed by atoms with Crippen molar-refractivity contribution in [1.29, 1.82) is 0 Å². The average molecular weight is 401 g/mol. The van der Waals surface area contributed by atoms with Crippen molar-refractivity contribution in [2.45, 2.75) is 82.0 Å². The van der Waals surface area contributed by atoms with Gasteiger partial charge in [0.2, 0.25) is 11.1 Å². The molecule has 2 aliphatic carbocycles. The van der Waals surface area contributed by atoms with Crippen LogP contribution in [-0.2, 0) is 0 Å². The van der Waals surface area contributed by atoms with Gasteiger partial charge in [-0.25, -0.2) is 4.68 Å². The van der Waals surface area contributed by atoms with E-state index in [2.05, 4.69) is 15.5 Å². The molecule has 0 amide bonds. The first-order valence-corrected chi connectivity index (χ1v) is 11.4. The molecule has 28 heavy (non-hydrogen) atoms. The van der Waals surface area contributed by atoms with E-state index in [0.29, 0.717) is 17.8 Å². The number of carbonyl (C=O) groups excluding carboxylic acids is 1. The van der Waals surface area contributed by atoms with Crippen molar-refractivity contribution in [2.24, 2.45) is 4.99 Å². The Kier molecular flexibility index (Phi) is 6.24. The molecule has 2 aromatic heterocycles. The van der Waals surface area contributed by atoms with Gasteiger partial charge >= 0.3 is 0 Å². The summed E-state index contributed by atoms with van der Waals surface area (Å²) < 4.78 is 3.59. The van der Waals surface area contributed by atoms with Crippen molar-refractivity contribution in [2.75, 3.05) is 5.75 Å². The number of rotatable bonds is 5. The molecule has 2 aliphatic rings. The van der Waals surface area contributed by atoms with Crippen molar-refractivity contribution in [3.05, 3.63) is 29.4 Å². The summed E-state index contributed by atoms with van der Waals surface area (Å²) in [5, 5.41) is 12.9. The van der Waals surface area contributed by atoms with Crippen LogP contribution in [0.5, 0.6) is 0 Å². The van der Waals surface area contributed by atoms with E-state index in [1.807, 2.05) is 29.9 Å². The zero-order chi connectivity index (χ0) is 19.3. The van der Waals surface area contributed by atoms with Gasteiger partial charge < -0.3 is 0 Å². The highest BCUT2D eigenvalue weighted by Gasteiger charge is 2.22. The first-order chi connectivity index (χ1) is 13.7. The lowest BCUT2D eigenvalue weighted by atomic mass is 9.96. The standard InChI is InChI=1S/C20H28N6OS/c1-15-11-12-25(18(13-15)21-16-7-3-2-4-8-16)19(27)14-28-20-22-23-24-26(20)17-9-5-6-10-17/h11-13,16-17H,2-10,14H2,1H3. The highest BCUT2D eigenvalue weighted by Crippen LogP contribution is 2.31. The van der Waals surface area contributed by atoms with E-state index >= 15 is 0 Å². The third-order valence-corrected chi connectivity index (χ3v) is 6.62. The highest BCUT2D eigenvalue weighted by atomic mass is 32.2. The Morgan fingerprint density at radius 2 is 1.93 bits per heavy atom. The first kappa shape index (κ1) is 19.4. The smallest absolute Gasteiger partial charge is 0.242 e. The fourth-order valence-electron chi connectivity index (χ4n) is 4.15. The lowest BCUT2D eigenvalue weighted by molar-refractivity contribution is 0.0936. The molecule has 4 rings (SSSR count). The predicted octanol–water partition coefficient (Wildman–Crippen LogP) is 3.56. The summed E-state index contributed by atoms with van der Waals surface area (Å²) in [5.41, 5.74) is 1.89. The second-order valence-corrected chi connectivity index (χ2v) is 8.82. The highest BCUT2D eigenvalue weighted by molar-refractivity contribution is 7.99. The van der Waals surface area contributed by atoms with E-state index in [-0.39, 0.29) is 5.91 Å². The molecule has 0 aromatic carbocycles. The summed E-state index contributed by atoms with van der Waals surface area (Å²) >= 11 is 1.42. The van der Waals surface area contributed by atoms with Crippen molar-refractivity contribution in [3.8, 4) is 0 Å².